The van der Waals surface area contributed by atoms with Crippen molar-refractivity contribution >= 4 is 18.7 Å². The zero-order chi connectivity index (χ0) is 20.4. The summed E-state index contributed by atoms with van der Waals surface area (Å²) in [5, 5.41) is 12.6. The van der Waals surface area contributed by atoms with Crippen LogP contribution < -0.4 is 10.7 Å². The lowest BCUT2D eigenvalue weighted by atomic mass is 9.96. The number of hydrogen-bond acceptors (Lipinski definition) is 4. The Kier molecular flexibility index (Phi) is 8.61. The van der Waals surface area contributed by atoms with E-state index < -0.39 is 0 Å². The van der Waals surface area contributed by atoms with E-state index in [0.717, 1.165) is 37.8 Å². The van der Waals surface area contributed by atoms with E-state index in [2.05, 4.69) is 22.2 Å². The van der Waals surface area contributed by atoms with Crippen molar-refractivity contribution in [2.45, 2.75) is 37.8 Å². The maximum atomic E-state index is 13.3. The summed E-state index contributed by atoms with van der Waals surface area (Å²) in [6.45, 7) is 5.55. The molecular weight excluding hydrogens is 361 g/mol. The van der Waals surface area contributed by atoms with Gasteiger partial charge in [-0.25, -0.2) is 4.39 Å². The molecule has 1 unspecified atom stereocenters. The Morgan fingerprint density at radius 1 is 1.32 bits per heavy atom. The number of guanidine groups is 1. The van der Waals surface area contributed by atoms with Crippen molar-refractivity contribution in [1.82, 2.24) is 20.7 Å². The summed E-state index contributed by atoms with van der Waals surface area (Å²) in [6.07, 6.45) is 5.74. The number of hydrogen-bond donors (Lipinski definition) is 3. The molecule has 0 aliphatic carbocycles. The van der Waals surface area contributed by atoms with Crippen molar-refractivity contribution in [2.75, 3.05) is 19.6 Å². The number of carbonyl (C=O) groups excluding carboxylic acids is 2. The molecule has 1 amide bonds. The predicted molar refractivity (Wildman–Crippen MR) is 106 cm³/mol. The number of likely N-dealkylation sites (tertiary alicyclic amines) is 1. The van der Waals surface area contributed by atoms with Crippen LogP contribution >= 0.6 is 0 Å². The lowest BCUT2D eigenvalue weighted by Gasteiger charge is -2.41. The predicted octanol–water partition coefficient (Wildman–Crippen LogP) is 1.98. The van der Waals surface area contributed by atoms with E-state index in [1.807, 2.05) is 0 Å². The average molecular weight is 389 g/mol. The summed E-state index contributed by atoms with van der Waals surface area (Å²) < 4.78 is 13.3. The summed E-state index contributed by atoms with van der Waals surface area (Å²) in [4.78, 5) is 24.1. The lowest BCUT2D eigenvalue weighted by Crippen LogP contribution is -2.56. The Bertz CT molecular complexity index is 659. The number of piperidine rings is 1. The first kappa shape index (κ1) is 21.6. The minimum Gasteiger partial charge on any atom is -0.352 e. The van der Waals surface area contributed by atoms with Gasteiger partial charge in [-0.15, -0.1) is 6.58 Å². The molecule has 152 valence electrons. The van der Waals surface area contributed by atoms with Gasteiger partial charge < -0.3 is 10.1 Å². The maximum Gasteiger partial charge on any atom is 0.225 e. The van der Waals surface area contributed by atoms with E-state index in [1.54, 1.807) is 23.2 Å². The van der Waals surface area contributed by atoms with Crippen molar-refractivity contribution in [3.63, 3.8) is 0 Å². The monoisotopic (exact) mass is 389 g/mol. The number of aldehydes is 1. The molecule has 2 rings (SSSR count). The van der Waals surface area contributed by atoms with Gasteiger partial charge in [0.05, 0.1) is 6.04 Å². The fourth-order valence-corrected chi connectivity index (χ4v) is 3.59. The van der Waals surface area contributed by atoms with Gasteiger partial charge in [-0.2, -0.15) is 0 Å². The molecule has 0 aromatic heterocycles. The molecule has 3 N–H and O–H groups in total. The molecular formula is C20H28FN5O2. The van der Waals surface area contributed by atoms with Gasteiger partial charge in [0.15, 0.2) is 0 Å². The number of benzene rings is 1. The molecule has 1 atom stereocenters. The van der Waals surface area contributed by atoms with Crippen molar-refractivity contribution in [3.8, 4) is 0 Å². The molecule has 1 aliphatic rings. The Balaban J connectivity index is 2.04. The molecule has 1 fully saturated rings. The highest BCUT2D eigenvalue weighted by Crippen LogP contribution is 2.29. The average Bonchev–Trinajstić information content (AvgIpc) is 2.72. The van der Waals surface area contributed by atoms with Crippen LogP contribution in [-0.4, -0.2) is 54.2 Å². The number of nitrogens with one attached hydrogen (secondary N) is 3. The Hall–Kier alpha value is -2.74. The Morgan fingerprint density at radius 3 is 2.57 bits per heavy atom. The van der Waals surface area contributed by atoms with Gasteiger partial charge >= 0.3 is 0 Å². The van der Waals surface area contributed by atoms with Gasteiger partial charge in [0.1, 0.15) is 12.1 Å². The summed E-state index contributed by atoms with van der Waals surface area (Å²) in [6, 6.07) is 6.46. The second kappa shape index (κ2) is 11.2. The van der Waals surface area contributed by atoms with Gasteiger partial charge in [-0.3, -0.25) is 25.5 Å². The number of hydrazine groups is 1. The van der Waals surface area contributed by atoms with Gasteiger partial charge in [0, 0.05) is 32.1 Å². The fraction of sp³-hybridized carbons (Fsp3) is 0.450. The van der Waals surface area contributed by atoms with E-state index in [0.29, 0.717) is 25.8 Å². The third-order valence-corrected chi connectivity index (χ3v) is 4.96. The molecule has 0 spiro atoms. The normalized spacial score (nSPS) is 16.0. The van der Waals surface area contributed by atoms with Crippen LogP contribution in [0.2, 0.25) is 0 Å². The zero-order valence-corrected chi connectivity index (χ0v) is 15.9. The highest BCUT2D eigenvalue weighted by molar-refractivity contribution is 5.78. The number of carbonyl (C=O) groups is 2. The molecule has 1 aliphatic heterocycles. The van der Waals surface area contributed by atoms with E-state index in [1.165, 1.54) is 12.1 Å². The second-order valence-corrected chi connectivity index (χ2v) is 6.71. The quantitative estimate of drug-likeness (QED) is 0.187. The first-order chi connectivity index (χ1) is 13.6. The molecule has 28 heavy (non-hydrogen) atoms. The minimum absolute atomic E-state index is 0.00814. The highest BCUT2D eigenvalue weighted by atomic mass is 19.1. The number of nitrogens with zero attached hydrogens (tertiary/aromatic N) is 2. The molecule has 1 aromatic carbocycles. The first-order valence-corrected chi connectivity index (χ1v) is 9.46. The topological polar surface area (TPSA) is 88.5 Å². The molecule has 1 heterocycles. The molecule has 0 saturated carbocycles. The van der Waals surface area contributed by atoms with E-state index >= 15 is 0 Å². The Labute approximate surface area is 165 Å². The van der Waals surface area contributed by atoms with Gasteiger partial charge in [-0.1, -0.05) is 18.2 Å². The van der Waals surface area contributed by atoms with Crippen molar-refractivity contribution in [1.29, 1.82) is 5.41 Å². The van der Waals surface area contributed by atoms with Crippen LogP contribution in [0.4, 0.5) is 4.39 Å². The SMILES string of the molecule is C=CCNC(=N)N(NC=O)C1CCN(C(CCC=O)c2ccc(F)cc2)CC1. The van der Waals surface area contributed by atoms with E-state index in [4.69, 9.17) is 5.41 Å². The largest absolute Gasteiger partial charge is 0.352 e. The van der Waals surface area contributed by atoms with Crippen LogP contribution in [0.5, 0.6) is 0 Å². The second-order valence-electron chi connectivity index (χ2n) is 6.71. The standard InChI is InChI=1S/C20H28FN5O2/c1-2-11-23-20(22)26(24-15-28)18-9-12-25(13-10-18)19(4-3-14-27)16-5-7-17(21)8-6-16/h2,5-8,14-15,18-19H,1,3-4,9-13H2,(H2,22,23)(H,24,28). The van der Waals surface area contributed by atoms with Crippen molar-refractivity contribution < 1.29 is 14.0 Å². The van der Waals surface area contributed by atoms with Crippen LogP contribution in [0, 0.1) is 11.2 Å². The van der Waals surface area contributed by atoms with E-state index in [9.17, 15) is 14.0 Å². The molecule has 8 heteroatoms. The fourth-order valence-electron chi connectivity index (χ4n) is 3.59. The summed E-state index contributed by atoms with van der Waals surface area (Å²) >= 11 is 0. The van der Waals surface area contributed by atoms with Crippen LogP contribution in [0.1, 0.15) is 37.3 Å². The third-order valence-electron chi connectivity index (χ3n) is 4.96. The van der Waals surface area contributed by atoms with Crippen LogP contribution in [-0.2, 0) is 9.59 Å². The molecule has 0 radical (unpaired) electrons. The van der Waals surface area contributed by atoms with Gasteiger partial charge in [0.2, 0.25) is 12.4 Å². The molecule has 7 nitrogen and oxygen atoms in total. The third kappa shape index (κ3) is 5.88. The van der Waals surface area contributed by atoms with Crippen LogP contribution in [0.25, 0.3) is 0 Å². The Morgan fingerprint density at radius 2 is 2.00 bits per heavy atom. The van der Waals surface area contributed by atoms with Gasteiger partial charge in [0.25, 0.3) is 0 Å². The highest BCUT2D eigenvalue weighted by Gasteiger charge is 2.30. The van der Waals surface area contributed by atoms with E-state index in [-0.39, 0.29) is 23.9 Å². The first-order valence-electron chi connectivity index (χ1n) is 9.46. The zero-order valence-electron chi connectivity index (χ0n) is 15.9. The maximum absolute atomic E-state index is 13.3. The minimum atomic E-state index is -0.280. The van der Waals surface area contributed by atoms with Crippen LogP contribution in [0.3, 0.4) is 0 Å². The summed E-state index contributed by atoms with van der Waals surface area (Å²) in [5.74, 6) is -0.154. The number of amides is 1. The van der Waals surface area contributed by atoms with Crippen molar-refractivity contribution in [2.24, 2.45) is 0 Å². The number of rotatable bonds is 10. The summed E-state index contributed by atoms with van der Waals surface area (Å²) in [7, 11) is 0. The van der Waals surface area contributed by atoms with Crippen molar-refractivity contribution in [3.05, 3.63) is 48.3 Å². The smallest absolute Gasteiger partial charge is 0.225 e. The van der Waals surface area contributed by atoms with Crippen LogP contribution in [0.15, 0.2) is 36.9 Å². The molecule has 0 bridgehead atoms. The molecule has 1 saturated heterocycles. The summed E-state index contributed by atoms with van der Waals surface area (Å²) in [5.41, 5.74) is 3.59. The van der Waals surface area contributed by atoms with Gasteiger partial charge in [-0.05, 0) is 37.0 Å². The molecule has 1 aromatic rings. The lowest BCUT2D eigenvalue weighted by molar-refractivity contribution is -0.113. The number of halogens is 1.